The summed E-state index contributed by atoms with van der Waals surface area (Å²) >= 11 is 0. The van der Waals surface area contributed by atoms with E-state index >= 15 is 0 Å². The van der Waals surface area contributed by atoms with Crippen LogP contribution in [-0.2, 0) is 10.7 Å². The van der Waals surface area contributed by atoms with Crippen LogP contribution in [0, 0.1) is 5.92 Å². The molecule has 0 aliphatic heterocycles. The Kier molecular flexibility index (Phi) is 5.56. The Morgan fingerprint density at radius 3 is 2.00 bits per heavy atom. The molecule has 0 saturated carbocycles. The van der Waals surface area contributed by atoms with E-state index in [9.17, 15) is 8.42 Å². The Balaban J connectivity index is 3.39. The monoisotopic (exact) mass is 178 g/mol. The van der Waals surface area contributed by atoms with Gasteiger partial charge in [-0.3, -0.25) is 0 Å². The normalized spacial score (nSPS) is 14.3. The van der Waals surface area contributed by atoms with Crippen LogP contribution in [0.1, 0.15) is 40.0 Å². The highest BCUT2D eigenvalue weighted by Gasteiger charge is 2.03. The highest BCUT2D eigenvalue weighted by Crippen LogP contribution is 2.09. The van der Waals surface area contributed by atoms with Crippen LogP contribution in [0.5, 0.6) is 0 Å². The van der Waals surface area contributed by atoms with Crippen molar-refractivity contribution in [1.29, 1.82) is 0 Å². The lowest BCUT2D eigenvalue weighted by Crippen LogP contribution is -2.04. The molecular formula is C8H18O2S. The minimum Gasteiger partial charge on any atom is -0.232 e. The van der Waals surface area contributed by atoms with Gasteiger partial charge < -0.3 is 0 Å². The van der Waals surface area contributed by atoms with E-state index in [0.29, 0.717) is 5.92 Å². The number of rotatable bonds is 5. The summed E-state index contributed by atoms with van der Waals surface area (Å²) in [6, 6.07) is 0. The molecule has 0 fully saturated rings. The zero-order valence-electron chi connectivity index (χ0n) is 7.54. The second-order valence-corrected chi connectivity index (χ2v) is 4.91. The second-order valence-electron chi connectivity index (χ2n) is 3.46. The van der Waals surface area contributed by atoms with Gasteiger partial charge in [-0.1, -0.05) is 26.7 Å². The average molecular weight is 178 g/mol. The maximum Gasteiger partial charge on any atom is 0.142 e. The second kappa shape index (κ2) is 5.58. The van der Waals surface area contributed by atoms with Gasteiger partial charge in [0.25, 0.3) is 0 Å². The summed E-state index contributed by atoms with van der Waals surface area (Å²) in [6.45, 7) is 6.08. The molecule has 0 N–H and O–H groups in total. The van der Waals surface area contributed by atoms with Crippen molar-refractivity contribution in [2.45, 2.75) is 45.3 Å². The number of thiol groups is 1. The van der Waals surface area contributed by atoms with Crippen molar-refractivity contribution < 1.29 is 8.42 Å². The van der Waals surface area contributed by atoms with Crippen LogP contribution < -0.4 is 0 Å². The van der Waals surface area contributed by atoms with Crippen molar-refractivity contribution in [3.63, 3.8) is 0 Å². The van der Waals surface area contributed by atoms with Crippen LogP contribution in [-0.4, -0.2) is 13.7 Å². The molecule has 0 saturated heterocycles. The lowest BCUT2D eigenvalue weighted by Gasteiger charge is -2.05. The van der Waals surface area contributed by atoms with Crippen LogP contribution in [0.3, 0.4) is 0 Å². The van der Waals surface area contributed by atoms with Crippen LogP contribution in [0.2, 0.25) is 0 Å². The van der Waals surface area contributed by atoms with Gasteiger partial charge in [0.05, 0.1) is 5.25 Å². The molecule has 0 aromatic rings. The molecule has 0 radical (unpaired) electrons. The number of hydrogen-bond acceptors (Lipinski definition) is 2. The lowest BCUT2D eigenvalue weighted by atomic mass is 10.1. The first-order valence-electron chi connectivity index (χ1n) is 4.17. The zero-order valence-corrected chi connectivity index (χ0v) is 8.43. The van der Waals surface area contributed by atoms with E-state index in [0.717, 1.165) is 19.3 Å². The third kappa shape index (κ3) is 6.35. The summed E-state index contributed by atoms with van der Waals surface area (Å²) in [6.07, 6.45) is 2.98. The molecule has 0 rings (SSSR count). The van der Waals surface area contributed by atoms with Gasteiger partial charge in [0.2, 0.25) is 0 Å². The van der Waals surface area contributed by atoms with Crippen molar-refractivity contribution in [2.75, 3.05) is 0 Å². The molecule has 11 heavy (non-hydrogen) atoms. The SMILES string of the molecule is CC(C)CCCC(C)[SH](=O)=O. The van der Waals surface area contributed by atoms with E-state index in [2.05, 4.69) is 13.8 Å². The Morgan fingerprint density at radius 1 is 1.09 bits per heavy atom. The summed E-state index contributed by atoms with van der Waals surface area (Å²) in [5.41, 5.74) is 0. The van der Waals surface area contributed by atoms with E-state index < -0.39 is 10.7 Å². The smallest absolute Gasteiger partial charge is 0.142 e. The molecule has 0 amide bonds. The largest absolute Gasteiger partial charge is 0.232 e. The van der Waals surface area contributed by atoms with Crippen molar-refractivity contribution in [2.24, 2.45) is 5.92 Å². The molecule has 2 nitrogen and oxygen atoms in total. The molecular weight excluding hydrogens is 160 g/mol. The van der Waals surface area contributed by atoms with E-state index in [1.54, 1.807) is 6.92 Å². The van der Waals surface area contributed by atoms with Crippen molar-refractivity contribution in [3.8, 4) is 0 Å². The third-order valence-electron chi connectivity index (χ3n) is 1.76. The summed E-state index contributed by atoms with van der Waals surface area (Å²) in [7, 11) is -2.19. The summed E-state index contributed by atoms with van der Waals surface area (Å²) < 4.78 is 20.8. The molecule has 3 heteroatoms. The minimum atomic E-state index is -2.19. The maximum atomic E-state index is 10.4. The summed E-state index contributed by atoms with van der Waals surface area (Å²) in [5, 5.41) is -0.135. The first-order valence-corrected chi connectivity index (χ1v) is 5.42. The molecule has 1 unspecified atom stereocenters. The van der Waals surface area contributed by atoms with Crippen LogP contribution >= 0.6 is 0 Å². The predicted molar refractivity (Wildman–Crippen MR) is 48.5 cm³/mol. The predicted octanol–water partition coefficient (Wildman–Crippen LogP) is 1.81. The van der Waals surface area contributed by atoms with Crippen molar-refractivity contribution in [3.05, 3.63) is 0 Å². The van der Waals surface area contributed by atoms with Crippen LogP contribution in [0.15, 0.2) is 0 Å². The van der Waals surface area contributed by atoms with Gasteiger partial charge in [0.15, 0.2) is 0 Å². The Labute approximate surface area is 71.0 Å². The zero-order chi connectivity index (χ0) is 8.85. The van der Waals surface area contributed by atoms with Gasteiger partial charge in [0, 0.05) is 0 Å². The van der Waals surface area contributed by atoms with Gasteiger partial charge in [-0.15, -0.1) is 0 Å². The Morgan fingerprint density at radius 2 is 1.64 bits per heavy atom. The molecule has 0 heterocycles. The molecule has 0 bridgehead atoms. The van der Waals surface area contributed by atoms with E-state index in [-0.39, 0.29) is 5.25 Å². The molecule has 1 atom stereocenters. The van der Waals surface area contributed by atoms with Crippen molar-refractivity contribution in [1.82, 2.24) is 0 Å². The highest BCUT2D eigenvalue weighted by molar-refractivity contribution is 7.73. The van der Waals surface area contributed by atoms with Gasteiger partial charge in [-0.05, 0) is 19.3 Å². The molecule has 0 aliphatic carbocycles. The first kappa shape index (κ1) is 11.0. The average Bonchev–Trinajstić information content (AvgIpc) is 1.86. The Hall–Kier alpha value is -0.0500. The fraction of sp³-hybridized carbons (Fsp3) is 1.00. The molecule has 0 spiro atoms. The standard InChI is InChI=1S/C8H18O2S/c1-7(2)5-4-6-8(3)11(9)10/h7-8,11H,4-6H2,1-3H3. The first-order chi connectivity index (χ1) is 5.04. The number of hydrogen-bond donors (Lipinski definition) is 1. The molecule has 68 valence electrons. The van der Waals surface area contributed by atoms with E-state index in [4.69, 9.17) is 0 Å². The quantitative estimate of drug-likeness (QED) is 0.651. The molecule has 0 aliphatic rings. The lowest BCUT2D eigenvalue weighted by molar-refractivity contribution is 0.528. The maximum absolute atomic E-state index is 10.4. The highest BCUT2D eigenvalue weighted by atomic mass is 32.2. The fourth-order valence-corrected chi connectivity index (χ4v) is 1.32. The summed E-state index contributed by atoms with van der Waals surface area (Å²) in [5.74, 6) is 0.687. The van der Waals surface area contributed by atoms with Gasteiger partial charge >= 0.3 is 0 Å². The minimum absolute atomic E-state index is 0.135. The van der Waals surface area contributed by atoms with Crippen LogP contribution in [0.4, 0.5) is 0 Å². The topological polar surface area (TPSA) is 34.1 Å². The van der Waals surface area contributed by atoms with Gasteiger partial charge in [0.1, 0.15) is 10.7 Å². The van der Waals surface area contributed by atoms with Gasteiger partial charge in [-0.2, -0.15) is 0 Å². The van der Waals surface area contributed by atoms with E-state index in [1.807, 2.05) is 0 Å². The van der Waals surface area contributed by atoms with E-state index in [1.165, 1.54) is 0 Å². The Bertz CT molecular complexity index is 153. The van der Waals surface area contributed by atoms with Crippen LogP contribution in [0.25, 0.3) is 0 Å². The van der Waals surface area contributed by atoms with Crippen molar-refractivity contribution >= 4 is 10.7 Å². The summed E-state index contributed by atoms with van der Waals surface area (Å²) in [4.78, 5) is 0. The van der Waals surface area contributed by atoms with Gasteiger partial charge in [-0.25, -0.2) is 8.42 Å². The fourth-order valence-electron chi connectivity index (χ4n) is 0.927. The molecule has 0 aromatic carbocycles. The third-order valence-corrected chi connectivity index (χ3v) is 2.74. The molecule has 0 aromatic heterocycles.